The number of likely N-dealkylation sites (tertiary alicyclic amines) is 1. The summed E-state index contributed by atoms with van der Waals surface area (Å²) in [5.41, 5.74) is 1.03. The topological polar surface area (TPSA) is 77.0 Å². The largest absolute Gasteiger partial charge is 0.357 e. The van der Waals surface area contributed by atoms with Gasteiger partial charge in [-0.1, -0.05) is 26.0 Å². The van der Waals surface area contributed by atoms with Crippen LogP contribution in [0.25, 0.3) is 0 Å². The first kappa shape index (κ1) is 26.6. The molecule has 178 valence electrons. The fourth-order valence-corrected chi connectivity index (χ4v) is 4.30. The van der Waals surface area contributed by atoms with Gasteiger partial charge in [0.2, 0.25) is 0 Å². The van der Waals surface area contributed by atoms with Crippen LogP contribution in [0.1, 0.15) is 67.2 Å². The Hall–Kier alpha value is -1.68. The lowest BCUT2D eigenvalue weighted by Gasteiger charge is -2.34. The first-order valence-electron chi connectivity index (χ1n) is 11.7. The maximum atomic E-state index is 12.4. The van der Waals surface area contributed by atoms with Crippen molar-refractivity contribution in [2.24, 2.45) is 10.9 Å². The van der Waals surface area contributed by atoms with Crippen LogP contribution in [0.4, 0.5) is 0 Å². The molecule has 0 atom stereocenters. The highest BCUT2D eigenvalue weighted by atomic mass is 127. The van der Waals surface area contributed by atoms with Gasteiger partial charge in [0.05, 0.1) is 11.1 Å². The van der Waals surface area contributed by atoms with Crippen molar-refractivity contribution >= 4 is 41.8 Å². The molecule has 0 saturated carbocycles. The van der Waals surface area contributed by atoms with E-state index in [-0.39, 0.29) is 35.8 Å². The normalized spacial score (nSPS) is 17.5. The average molecular weight is 556 g/mol. The van der Waals surface area contributed by atoms with Gasteiger partial charge in [-0.15, -0.1) is 24.0 Å². The number of benzene rings is 1. The van der Waals surface area contributed by atoms with E-state index in [0.29, 0.717) is 36.2 Å². The van der Waals surface area contributed by atoms with Crippen molar-refractivity contribution in [1.29, 1.82) is 0 Å². The van der Waals surface area contributed by atoms with E-state index in [1.807, 2.05) is 0 Å². The highest BCUT2D eigenvalue weighted by molar-refractivity contribution is 14.0. The monoisotopic (exact) mass is 555 g/mol. The van der Waals surface area contributed by atoms with Crippen LogP contribution >= 0.6 is 24.0 Å². The molecule has 7 nitrogen and oxygen atoms in total. The maximum Gasteiger partial charge on any atom is 0.261 e. The number of hydrogen-bond donors (Lipinski definition) is 2. The summed E-state index contributed by atoms with van der Waals surface area (Å²) in [4.78, 5) is 33.5. The Labute approximate surface area is 209 Å². The Bertz CT molecular complexity index is 755. The zero-order chi connectivity index (χ0) is 22.2. The predicted octanol–water partition coefficient (Wildman–Crippen LogP) is 3.36. The van der Waals surface area contributed by atoms with Crippen molar-refractivity contribution in [2.75, 3.05) is 39.3 Å². The SMILES string of the molecule is CCNC(=NCCCCN1C(=O)c2ccccc2C1=O)NC1CCN(CC(C)C)CC1.I. The predicted molar refractivity (Wildman–Crippen MR) is 140 cm³/mol. The fourth-order valence-electron chi connectivity index (χ4n) is 4.30. The highest BCUT2D eigenvalue weighted by Crippen LogP contribution is 2.22. The van der Waals surface area contributed by atoms with E-state index in [9.17, 15) is 9.59 Å². The van der Waals surface area contributed by atoms with Crippen LogP contribution in [0.2, 0.25) is 0 Å². The first-order valence-corrected chi connectivity index (χ1v) is 11.7. The summed E-state index contributed by atoms with van der Waals surface area (Å²) < 4.78 is 0. The number of carbonyl (C=O) groups excluding carboxylic acids is 2. The number of hydrogen-bond acceptors (Lipinski definition) is 4. The Morgan fingerprint density at radius 2 is 1.72 bits per heavy atom. The van der Waals surface area contributed by atoms with Crippen LogP contribution < -0.4 is 10.6 Å². The van der Waals surface area contributed by atoms with E-state index in [1.165, 1.54) is 11.4 Å². The van der Waals surface area contributed by atoms with Gasteiger partial charge in [-0.2, -0.15) is 0 Å². The number of halogens is 1. The number of nitrogens with one attached hydrogen (secondary N) is 2. The van der Waals surface area contributed by atoms with Crippen molar-refractivity contribution in [3.05, 3.63) is 35.4 Å². The van der Waals surface area contributed by atoms with Crippen LogP contribution in [0.5, 0.6) is 0 Å². The van der Waals surface area contributed by atoms with Gasteiger partial charge in [-0.25, -0.2) is 0 Å². The Morgan fingerprint density at radius 3 is 2.28 bits per heavy atom. The number of fused-ring (bicyclic) bond motifs is 1. The van der Waals surface area contributed by atoms with Gasteiger partial charge in [0, 0.05) is 45.3 Å². The van der Waals surface area contributed by atoms with Gasteiger partial charge < -0.3 is 15.5 Å². The van der Waals surface area contributed by atoms with Gasteiger partial charge in [-0.3, -0.25) is 19.5 Å². The standard InChI is InChI=1S/C24H37N5O2.HI/c1-4-25-24(27-19-11-15-28(16-12-19)17-18(2)3)26-13-7-8-14-29-22(30)20-9-5-6-10-21(20)23(29)31;/h5-6,9-10,18-19H,4,7-8,11-17H2,1-3H3,(H2,25,26,27);1H. The van der Waals surface area contributed by atoms with E-state index in [2.05, 4.69) is 36.3 Å². The minimum atomic E-state index is -0.178. The Balaban J connectivity index is 0.00000363. The number of imide groups is 1. The number of piperidine rings is 1. The summed E-state index contributed by atoms with van der Waals surface area (Å²) in [6.07, 6.45) is 3.85. The molecule has 2 heterocycles. The second-order valence-corrected chi connectivity index (χ2v) is 8.89. The summed E-state index contributed by atoms with van der Waals surface area (Å²) in [5, 5.41) is 6.92. The molecular weight excluding hydrogens is 517 g/mol. The molecule has 0 radical (unpaired) electrons. The summed E-state index contributed by atoms with van der Waals surface area (Å²) in [6.45, 7) is 12.0. The molecule has 1 saturated heterocycles. The van der Waals surface area contributed by atoms with Gasteiger partial charge in [0.25, 0.3) is 11.8 Å². The second kappa shape index (κ2) is 13.1. The lowest BCUT2D eigenvalue weighted by atomic mass is 10.0. The smallest absolute Gasteiger partial charge is 0.261 e. The van der Waals surface area contributed by atoms with Gasteiger partial charge in [0.15, 0.2) is 5.96 Å². The molecule has 2 N–H and O–H groups in total. The molecule has 2 aliphatic heterocycles. The molecule has 1 aromatic rings. The lowest BCUT2D eigenvalue weighted by Crippen LogP contribution is -2.49. The third-order valence-corrected chi connectivity index (χ3v) is 5.83. The van der Waals surface area contributed by atoms with Crippen molar-refractivity contribution in [1.82, 2.24) is 20.4 Å². The van der Waals surface area contributed by atoms with Crippen molar-refractivity contribution in [2.45, 2.75) is 52.5 Å². The summed E-state index contributed by atoms with van der Waals surface area (Å²) in [5.74, 6) is 1.22. The maximum absolute atomic E-state index is 12.4. The number of guanidine groups is 1. The molecule has 1 fully saturated rings. The summed E-state index contributed by atoms with van der Waals surface area (Å²) >= 11 is 0. The minimum Gasteiger partial charge on any atom is -0.357 e. The van der Waals surface area contributed by atoms with Gasteiger partial charge >= 0.3 is 0 Å². The average Bonchev–Trinajstić information content (AvgIpc) is 2.99. The lowest BCUT2D eigenvalue weighted by molar-refractivity contribution is 0.0652. The zero-order valence-electron chi connectivity index (χ0n) is 19.6. The highest BCUT2D eigenvalue weighted by Gasteiger charge is 2.34. The molecule has 0 bridgehead atoms. The number of unbranched alkanes of at least 4 members (excludes halogenated alkanes) is 1. The summed E-state index contributed by atoms with van der Waals surface area (Å²) in [6, 6.07) is 7.50. The molecule has 0 unspecified atom stereocenters. The summed E-state index contributed by atoms with van der Waals surface area (Å²) in [7, 11) is 0. The van der Waals surface area contributed by atoms with Crippen LogP contribution in [0, 0.1) is 5.92 Å². The molecule has 0 spiro atoms. The van der Waals surface area contributed by atoms with E-state index in [4.69, 9.17) is 4.99 Å². The molecule has 3 rings (SSSR count). The van der Waals surface area contributed by atoms with Crippen LogP contribution in [-0.4, -0.2) is 72.9 Å². The number of nitrogens with zero attached hydrogens (tertiary/aromatic N) is 3. The van der Waals surface area contributed by atoms with Crippen molar-refractivity contribution < 1.29 is 9.59 Å². The number of carbonyl (C=O) groups is 2. The van der Waals surface area contributed by atoms with E-state index < -0.39 is 0 Å². The molecule has 0 aliphatic carbocycles. The molecular formula is C24H38IN5O2. The Morgan fingerprint density at radius 1 is 1.09 bits per heavy atom. The number of amides is 2. The van der Waals surface area contributed by atoms with Crippen molar-refractivity contribution in [3.63, 3.8) is 0 Å². The van der Waals surface area contributed by atoms with Crippen molar-refractivity contribution in [3.8, 4) is 0 Å². The Kier molecular flexibility index (Phi) is 10.9. The molecule has 1 aromatic carbocycles. The molecule has 32 heavy (non-hydrogen) atoms. The third-order valence-electron chi connectivity index (χ3n) is 5.83. The van der Waals surface area contributed by atoms with E-state index >= 15 is 0 Å². The quantitative estimate of drug-likeness (QED) is 0.161. The van der Waals surface area contributed by atoms with E-state index in [0.717, 1.165) is 51.3 Å². The van der Waals surface area contributed by atoms with Crippen LogP contribution in [-0.2, 0) is 0 Å². The fraction of sp³-hybridized carbons (Fsp3) is 0.625. The zero-order valence-corrected chi connectivity index (χ0v) is 21.9. The minimum absolute atomic E-state index is 0. The first-order chi connectivity index (χ1) is 15.0. The van der Waals surface area contributed by atoms with E-state index in [1.54, 1.807) is 24.3 Å². The van der Waals surface area contributed by atoms with Gasteiger partial charge in [-0.05, 0) is 50.7 Å². The molecule has 8 heteroatoms. The second-order valence-electron chi connectivity index (χ2n) is 8.89. The molecule has 2 amide bonds. The molecule has 0 aromatic heterocycles. The third kappa shape index (κ3) is 7.16. The van der Waals surface area contributed by atoms with Gasteiger partial charge in [0.1, 0.15) is 0 Å². The van der Waals surface area contributed by atoms with Crippen LogP contribution in [0.15, 0.2) is 29.3 Å². The molecule has 2 aliphatic rings. The van der Waals surface area contributed by atoms with Crippen LogP contribution in [0.3, 0.4) is 0 Å². The number of aliphatic imine (C=N–C) groups is 1. The number of rotatable bonds is 9.